The molecule has 3 rings (SSSR count). The Hall–Kier alpha value is -4.06. The smallest absolute Gasteiger partial charge is 0.338 e. The van der Waals surface area contributed by atoms with E-state index in [0.717, 1.165) is 5.56 Å². The van der Waals surface area contributed by atoms with Gasteiger partial charge in [0.15, 0.2) is 5.78 Å². The van der Waals surface area contributed by atoms with E-state index in [9.17, 15) is 9.59 Å². The summed E-state index contributed by atoms with van der Waals surface area (Å²) in [6.45, 7) is 0. The number of benzene rings is 3. The number of ketones is 1. The molecule has 0 aliphatic rings. The molecule has 3 aromatic rings. The van der Waals surface area contributed by atoms with Crippen LogP contribution in [0.5, 0.6) is 17.2 Å². The molecule has 0 aliphatic carbocycles. The molecule has 3 aromatic carbocycles. The molecule has 0 saturated heterocycles. The molecule has 0 saturated carbocycles. The minimum absolute atomic E-state index is 0.152. The van der Waals surface area contributed by atoms with E-state index in [4.69, 9.17) is 18.9 Å². The lowest BCUT2D eigenvalue weighted by Crippen LogP contribution is -2.15. The highest BCUT2D eigenvalue weighted by molar-refractivity contribution is 6.27. The maximum absolute atomic E-state index is 13.7. The molecule has 6 heteroatoms. The number of hydrogen-bond acceptors (Lipinski definition) is 6. The van der Waals surface area contributed by atoms with E-state index in [1.54, 1.807) is 49.6 Å². The van der Waals surface area contributed by atoms with E-state index in [1.807, 2.05) is 30.3 Å². The fourth-order valence-electron chi connectivity index (χ4n) is 3.47. The first-order valence-electron chi connectivity index (χ1n) is 10.3. The van der Waals surface area contributed by atoms with Crippen molar-refractivity contribution < 1.29 is 28.5 Å². The summed E-state index contributed by atoms with van der Waals surface area (Å²) in [5.74, 6) is 0.691. The first-order chi connectivity index (χ1) is 16.0. The number of ether oxygens (including phenoxy) is 4. The van der Waals surface area contributed by atoms with E-state index in [1.165, 1.54) is 21.3 Å². The molecule has 0 atom stereocenters. The van der Waals surface area contributed by atoms with Gasteiger partial charge in [-0.05, 0) is 47.5 Å². The van der Waals surface area contributed by atoms with Crippen molar-refractivity contribution in [1.29, 1.82) is 0 Å². The Morgan fingerprint density at radius 3 is 1.76 bits per heavy atom. The first-order valence-corrected chi connectivity index (χ1v) is 10.3. The topological polar surface area (TPSA) is 71.1 Å². The summed E-state index contributed by atoms with van der Waals surface area (Å²) in [5, 5.41) is 0. The van der Waals surface area contributed by atoms with Crippen molar-refractivity contribution in [3.8, 4) is 17.2 Å². The number of carbonyl (C=O) groups is 2. The van der Waals surface area contributed by atoms with E-state index in [0.29, 0.717) is 33.9 Å². The quantitative estimate of drug-likeness (QED) is 0.268. The SMILES string of the molecule is COC(=O)/C(=C(/Cc1ccccc1)C(=O)c1ccc(OC)cc1)c1cc(OC)cc(OC)c1. The molecule has 0 aliphatic heterocycles. The minimum atomic E-state index is -0.627. The van der Waals surface area contributed by atoms with Gasteiger partial charge in [-0.1, -0.05) is 30.3 Å². The Kier molecular flexibility index (Phi) is 7.86. The second kappa shape index (κ2) is 11.0. The van der Waals surface area contributed by atoms with Crippen LogP contribution < -0.4 is 14.2 Å². The van der Waals surface area contributed by atoms with Crippen LogP contribution in [0.2, 0.25) is 0 Å². The van der Waals surface area contributed by atoms with E-state index in [-0.39, 0.29) is 17.8 Å². The van der Waals surface area contributed by atoms with E-state index >= 15 is 0 Å². The van der Waals surface area contributed by atoms with Gasteiger partial charge in [0.25, 0.3) is 0 Å². The van der Waals surface area contributed by atoms with Gasteiger partial charge in [0.1, 0.15) is 17.2 Å². The Bertz CT molecular complexity index is 1120. The predicted octanol–water partition coefficient (Wildman–Crippen LogP) is 4.76. The zero-order valence-electron chi connectivity index (χ0n) is 19.1. The number of Topliss-reactive ketones (excluding diaryl/α,β-unsaturated/α-hetero) is 1. The maximum Gasteiger partial charge on any atom is 0.338 e. The summed E-state index contributed by atoms with van der Waals surface area (Å²) < 4.78 is 21.1. The van der Waals surface area contributed by atoms with Gasteiger partial charge in [-0.2, -0.15) is 0 Å². The van der Waals surface area contributed by atoms with Crippen LogP contribution >= 0.6 is 0 Å². The Morgan fingerprint density at radius 2 is 1.24 bits per heavy atom. The average Bonchev–Trinajstić information content (AvgIpc) is 2.88. The molecule has 0 heterocycles. The van der Waals surface area contributed by atoms with E-state index in [2.05, 4.69) is 0 Å². The van der Waals surface area contributed by atoms with Gasteiger partial charge in [-0.3, -0.25) is 4.79 Å². The van der Waals surface area contributed by atoms with Crippen LogP contribution in [0.25, 0.3) is 5.57 Å². The van der Waals surface area contributed by atoms with Crippen LogP contribution in [0.4, 0.5) is 0 Å². The van der Waals surface area contributed by atoms with Gasteiger partial charge in [0.2, 0.25) is 0 Å². The fraction of sp³-hybridized carbons (Fsp3) is 0.185. The van der Waals surface area contributed by atoms with Crippen molar-refractivity contribution in [1.82, 2.24) is 0 Å². The molecule has 0 spiro atoms. The number of hydrogen-bond donors (Lipinski definition) is 0. The number of carbonyl (C=O) groups excluding carboxylic acids is 2. The molecule has 0 amide bonds. The molecule has 0 bridgehead atoms. The van der Waals surface area contributed by atoms with Crippen molar-refractivity contribution in [2.75, 3.05) is 28.4 Å². The number of esters is 1. The van der Waals surface area contributed by atoms with Crippen LogP contribution in [0.15, 0.2) is 78.4 Å². The molecule has 0 fully saturated rings. The van der Waals surface area contributed by atoms with Crippen molar-refractivity contribution in [3.05, 3.63) is 95.1 Å². The van der Waals surface area contributed by atoms with Gasteiger partial charge < -0.3 is 18.9 Å². The van der Waals surface area contributed by atoms with Gasteiger partial charge in [0.05, 0.1) is 34.0 Å². The minimum Gasteiger partial charge on any atom is -0.497 e. The molecule has 0 N–H and O–H groups in total. The van der Waals surface area contributed by atoms with Crippen molar-refractivity contribution >= 4 is 17.3 Å². The van der Waals surface area contributed by atoms with Crippen LogP contribution in [0.3, 0.4) is 0 Å². The number of rotatable bonds is 9. The van der Waals surface area contributed by atoms with Gasteiger partial charge in [-0.15, -0.1) is 0 Å². The molecule has 0 unspecified atom stereocenters. The van der Waals surface area contributed by atoms with Crippen LogP contribution in [-0.4, -0.2) is 40.2 Å². The van der Waals surface area contributed by atoms with Gasteiger partial charge in [0, 0.05) is 23.6 Å². The van der Waals surface area contributed by atoms with E-state index < -0.39 is 5.97 Å². The summed E-state index contributed by atoms with van der Waals surface area (Å²) in [7, 11) is 5.89. The highest BCUT2D eigenvalue weighted by Gasteiger charge is 2.26. The zero-order chi connectivity index (χ0) is 23.8. The predicted molar refractivity (Wildman–Crippen MR) is 126 cm³/mol. The lowest BCUT2D eigenvalue weighted by Gasteiger charge is -2.16. The normalized spacial score (nSPS) is 11.3. The Morgan fingerprint density at radius 1 is 0.667 bits per heavy atom. The van der Waals surface area contributed by atoms with Gasteiger partial charge in [-0.25, -0.2) is 4.79 Å². The van der Waals surface area contributed by atoms with Crippen LogP contribution in [0, 0.1) is 0 Å². The second-order valence-electron chi connectivity index (χ2n) is 7.17. The first kappa shape index (κ1) is 23.6. The largest absolute Gasteiger partial charge is 0.497 e. The maximum atomic E-state index is 13.7. The van der Waals surface area contributed by atoms with Crippen molar-refractivity contribution in [2.45, 2.75) is 6.42 Å². The Balaban J connectivity index is 2.26. The summed E-state index contributed by atoms with van der Waals surface area (Å²) in [6.07, 6.45) is 0.232. The summed E-state index contributed by atoms with van der Waals surface area (Å²) in [6, 6.07) is 21.3. The summed E-state index contributed by atoms with van der Waals surface area (Å²) in [4.78, 5) is 26.8. The lowest BCUT2D eigenvalue weighted by molar-refractivity contribution is -0.133. The van der Waals surface area contributed by atoms with Crippen molar-refractivity contribution in [3.63, 3.8) is 0 Å². The second-order valence-corrected chi connectivity index (χ2v) is 7.17. The molecule has 0 aromatic heterocycles. The highest BCUT2D eigenvalue weighted by atomic mass is 16.5. The Labute approximate surface area is 193 Å². The third-order valence-corrected chi connectivity index (χ3v) is 5.18. The summed E-state index contributed by atoms with van der Waals surface area (Å²) in [5.41, 5.74) is 2.22. The van der Waals surface area contributed by atoms with Crippen molar-refractivity contribution in [2.24, 2.45) is 0 Å². The molecule has 0 radical (unpaired) electrons. The molecule has 170 valence electrons. The van der Waals surface area contributed by atoms with Crippen LogP contribution in [0.1, 0.15) is 21.5 Å². The number of methoxy groups -OCH3 is 4. The molecular formula is C27H26O6. The monoisotopic (exact) mass is 446 g/mol. The molecule has 33 heavy (non-hydrogen) atoms. The third kappa shape index (κ3) is 5.60. The molecule has 6 nitrogen and oxygen atoms in total. The highest BCUT2D eigenvalue weighted by Crippen LogP contribution is 2.32. The molecular weight excluding hydrogens is 420 g/mol. The third-order valence-electron chi connectivity index (χ3n) is 5.18. The fourth-order valence-corrected chi connectivity index (χ4v) is 3.47. The number of allylic oxidation sites excluding steroid dienone is 1. The average molecular weight is 446 g/mol. The lowest BCUT2D eigenvalue weighted by atomic mass is 9.89. The standard InChI is InChI=1S/C27H26O6/c1-30-21-12-10-19(11-13-21)26(28)24(14-18-8-6-5-7-9-18)25(27(29)33-4)20-15-22(31-2)17-23(16-20)32-3/h5-13,15-17H,14H2,1-4H3/b25-24-. The van der Waals surface area contributed by atoms with Gasteiger partial charge >= 0.3 is 5.97 Å². The summed E-state index contributed by atoms with van der Waals surface area (Å²) >= 11 is 0. The zero-order valence-corrected chi connectivity index (χ0v) is 19.1. The van der Waals surface area contributed by atoms with Crippen LogP contribution in [-0.2, 0) is 16.0 Å².